The number of amides is 1. The van der Waals surface area contributed by atoms with Crippen molar-refractivity contribution in [3.05, 3.63) is 65.9 Å². The van der Waals surface area contributed by atoms with Crippen LogP contribution in [0.1, 0.15) is 34.1 Å². The van der Waals surface area contributed by atoms with Crippen LogP contribution in [0, 0.1) is 0 Å². The number of phenolic OH excluding ortho intramolecular Hbond substituents is 1. The Morgan fingerprint density at radius 1 is 1.03 bits per heavy atom. The van der Waals surface area contributed by atoms with Gasteiger partial charge in [0.05, 0.1) is 17.7 Å². The summed E-state index contributed by atoms with van der Waals surface area (Å²) in [5, 5.41) is 12.2. The molecular weight excluding hydrogens is 394 g/mol. The molecule has 160 valence electrons. The number of pyridine rings is 1. The Balaban J connectivity index is 1.46. The molecule has 0 bridgehead atoms. The van der Waals surface area contributed by atoms with Crippen molar-refractivity contribution < 1.29 is 19.4 Å². The van der Waals surface area contributed by atoms with E-state index < -0.39 is 0 Å². The van der Waals surface area contributed by atoms with Gasteiger partial charge in [-0.2, -0.15) is 0 Å². The van der Waals surface area contributed by atoms with Crippen molar-refractivity contribution in [2.24, 2.45) is 0 Å². The molecular formula is C24H25N3O4. The number of carbonyl (C=O) groups excluding carboxylic acids is 2. The van der Waals surface area contributed by atoms with E-state index in [1.165, 1.54) is 6.20 Å². The fourth-order valence-electron chi connectivity index (χ4n) is 3.83. The number of hydrogen-bond donors (Lipinski definition) is 1. The van der Waals surface area contributed by atoms with Crippen molar-refractivity contribution >= 4 is 28.5 Å². The molecule has 0 radical (unpaired) electrons. The summed E-state index contributed by atoms with van der Waals surface area (Å²) in [5.74, 6) is 0.206. The second-order valence-corrected chi connectivity index (χ2v) is 7.47. The minimum atomic E-state index is -0.385. The molecule has 7 nitrogen and oxygen atoms in total. The highest BCUT2D eigenvalue weighted by molar-refractivity contribution is 6.01. The topological polar surface area (TPSA) is 83.0 Å². The SMILES string of the molecule is CCOC(=O)c1ccc(N2CCCN(C(=O)c3cc4ccccc4cc3O)CC2)nc1. The molecule has 2 heterocycles. The maximum absolute atomic E-state index is 13.1. The third kappa shape index (κ3) is 4.45. The molecule has 1 saturated heterocycles. The lowest BCUT2D eigenvalue weighted by Crippen LogP contribution is -2.35. The Labute approximate surface area is 180 Å². The highest BCUT2D eigenvalue weighted by atomic mass is 16.5. The van der Waals surface area contributed by atoms with Crippen LogP contribution in [0.15, 0.2) is 54.7 Å². The van der Waals surface area contributed by atoms with Crippen molar-refractivity contribution in [3.8, 4) is 5.75 Å². The quantitative estimate of drug-likeness (QED) is 0.652. The molecule has 1 amide bonds. The van der Waals surface area contributed by atoms with Gasteiger partial charge < -0.3 is 19.6 Å². The van der Waals surface area contributed by atoms with E-state index in [0.29, 0.717) is 37.4 Å². The maximum atomic E-state index is 13.1. The molecule has 4 rings (SSSR count). The van der Waals surface area contributed by atoms with Crippen LogP contribution in [0.2, 0.25) is 0 Å². The van der Waals surface area contributed by atoms with Crippen molar-refractivity contribution in [1.29, 1.82) is 0 Å². The van der Waals surface area contributed by atoms with Gasteiger partial charge in [-0.25, -0.2) is 9.78 Å². The Morgan fingerprint density at radius 3 is 2.52 bits per heavy atom. The third-order valence-electron chi connectivity index (χ3n) is 5.46. The number of nitrogens with zero attached hydrogens (tertiary/aromatic N) is 3. The summed E-state index contributed by atoms with van der Waals surface area (Å²) in [6, 6.07) is 14.6. The predicted molar refractivity (Wildman–Crippen MR) is 119 cm³/mol. The molecule has 1 aliphatic heterocycles. The summed E-state index contributed by atoms with van der Waals surface area (Å²) < 4.78 is 5.00. The van der Waals surface area contributed by atoms with Gasteiger partial charge in [0.1, 0.15) is 11.6 Å². The highest BCUT2D eigenvalue weighted by Gasteiger charge is 2.23. The van der Waals surface area contributed by atoms with E-state index in [1.807, 2.05) is 24.3 Å². The number of benzene rings is 2. The van der Waals surface area contributed by atoms with E-state index in [-0.39, 0.29) is 17.6 Å². The number of esters is 1. The predicted octanol–water partition coefficient (Wildman–Crippen LogP) is 3.47. The molecule has 31 heavy (non-hydrogen) atoms. The molecule has 0 atom stereocenters. The van der Waals surface area contributed by atoms with E-state index in [9.17, 15) is 14.7 Å². The van der Waals surface area contributed by atoms with Crippen LogP contribution < -0.4 is 4.90 Å². The molecule has 1 fully saturated rings. The molecule has 0 saturated carbocycles. The number of ether oxygens (including phenoxy) is 1. The normalized spacial score (nSPS) is 14.4. The van der Waals surface area contributed by atoms with E-state index in [1.54, 1.807) is 36.1 Å². The zero-order valence-electron chi connectivity index (χ0n) is 17.5. The van der Waals surface area contributed by atoms with Crippen molar-refractivity contribution in [2.75, 3.05) is 37.7 Å². The second kappa shape index (κ2) is 9.04. The maximum Gasteiger partial charge on any atom is 0.339 e. The summed E-state index contributed by atoms with van der Waals surface area (Å²) >= 11 is 0. The molecule has 7 heteroatoms. The zero-order chi connectivity index (χ0) is 21.8. The number of aromatic hydroxyl groups is 1. The average Bonchev–Trinajstić information content (AvgIpc) is 3.05. The van der Waals surface area contributed by atoms with Crippen LogP contribution in [0.4, 0.5) is 5.82 Å². The summed E-state index contributed by atoms with van der Waals surface area (Å²) in [6.07, 6.45) is 2.30. The Hall–Kier alpha value is -3.61. The van der Waals surface area contributed by atoms with E-state index in [4.69, 9.17) is 4.74 Å². The van der Waals surface area contributed by atoms with Gasteiger partial charge in [-0.3, -0.25) is 4.79 Å². The lowest BCUT2D eigenvalue weighted by molar-refractivity contribution is 0.0525. The van der Waals surface area contributed by atoms with Crippen molar-refractivity contribution in [3.63, 3.8) is 0 Å². The summed E-state index contributed by atoms with van der Waals surface area (Å²) in [5.41, 5.74) is 0.744. The number of rotatable bonds is 4. The Kier molecular flexibility index (Phi) is 6.02. The largest absolute Gasteiger partial charge is 0.507 e. The van der Waals surface area contributed by atoms with Gasteiger partial charge in [0.15, 0.2) is 0 Å². The first kappa shape index (κ1) is 20.7. The lowest BCUT2D eigenvalue weighted by atomic mass is 10.0. The smallest absolute Gasteiger partial charge is 0.339 e. The fraction of sp³-hybridized carbons (Fsp3) is 0.292. The molecule has 0 aliphatic carbocycles. The van der Waals surface area contributed by atoms with E-state index >= 15 is 0 Å². The Bertz CT molecular complexity index is 1100. The van der Waals surface area contributed by atoms with Crippen molar-refractivity contribution in [2.45, 2.75) is 13.3 Å². The van der Waals surface area contributed by atoms with Gasteiger partial charge in [-0.1, -0.05) is 24.3 Å². The number of anilines is 1. The first-order chi connectivity index (χ1) is 15.1. The molecule has 3 aromatic rings. The second-order valence-electron chi connectivity index (χ2n) is 7.47. The summed E-state index contributed by atoms with van der Waals surface area (Å²) in [6.45, 7) is 4.57. The van der Waals surface area contributed by atoms with E-state index in [0.717, 1.165) is 29.6 Å². The van der Waals surface area contributed by atoms with Crippen LogP contribution in [-0.4, -0.2) is 59.7 Å². The molecule has 0 spiro atoms. The summed E-state index contributed by atoms with van der Waals surface area (Å²) in [4.78, 5) is 33.2. The van der Waals surface area contributed by atoms with Crippen LogP contribution in [0.25, 0.3) is 10.8 Å². The molecule has 2 aromatic carbocycles. The van der Waals surface area contributed by atoms with Gasteiger partial charge in [0.2, 0.25) is 0 Å². The van der Waals surface area contributed by atoms with Crippen LogP contribution in [0.3, 0.4) is 0 Å². The van der Waals surface area contributed by atoms with Gasteiger partial charge >= 0.3 is 5.97 Å². The number of phenols is 1. The van der Waals surface area contributed by atoms with Crippen molar-refractivity contribution in [1.82, 2.24) is 9.88 Å². The average molecular weight is 419 g/mol. The molecule has 1 aliphatic rings. The standard InChI is InChI=1S/C24H25N3O4/c1-2-31-24(30)19-8-9-22(25-16-19)26-10-5-11-27(13-12-26)23(29)20-14-17-6-3-4-7-18(17)15-21(20)28/h3-4,6-9,14-16,28H,2,5,10-13H2,1H3. The number of fused-ring (bicyclic) bond motifs is 1. The number of hydrogen-bond acceptors (Lipinski definition) is 6. The first-order valence-corrected chi connectivity index (χ1v) is 10.5. The molecule has 1 N–H and O–H groups in total. The van der Waals surface area contributed by atoms with Gasteiger partial charge in [-0.15, -0.1) is 0 Å². The van der Waals surface area contributed by atoms with Crippen LogP contribution in [0.5, 0.6) is 5.75 Å². The lowest BCUT2D eigenvalue weighted by Gasteiger charge is -2.23. The fourth-order valence-corrected chi connectivity index (χ4v) is 3.83. The Morgan fingerprint density at radius 2 is 1.81 bits per heavy atom. The molecule has 0 unspecified atom stereocenters. The highest BCUT2D eigenvalue weighted by Crippen LogP contribution is 2.26. The van der Waals surface area contributed by atoms with Crippen LogP contribution >= 0.6 is 0 Å². The monoisotopic (exact) mass is 419 g/mol. The minimum Gasteiger partial charge on any atom is -0.507 e. The van der Waals surface area contributed by atoms with E-state index in [2.05, 4.69) is 9.88 Å². The third-order valence-corrected chi connectivity index (χ3v) is 5.46. The first-order valence-electron chi connectivity index (χ1n) is 10.5. The summed E-state index contributed by atoms with van der Waals surface area (Å²) in [7, 11) is 0. The van der Waals surface area contributed by atoms with Crippen LogP contribution in [-0.2, 0) is 4.74 Å². The van der Waals surface area contributed by atoms with Gasteiger partial charge in [0.25, 0.3) is 5.91 Å². The number of aromatic nitrogens is 1. The minimum absolute atomic E-state index is 0.000948. The zero-order valence-corrected chi connectivity index (χ0v) is 17.5. The molecule has 1 aromatic heterocycles. The number of carbonyl (C=O) groups is 2. The van der Waals surface area contributed by atoms with Gasteiger partial charge in [0, 0.05) is 32.4 Å². The van der Waals surface area contributed by atoms with Gasteiger partial charge in [-0.05, 0) is 48.4 Å².